The second-order valence-electron chi connectivity index (χ2n) is 6.99. The third kappa shape index (κ3) is 4.65. The molecule has 7 nitrogen and oxygen atoms in total. The molecule has 0 N–H and O–H groups in total. The van der Waals surface area contributed by atoms with E-state index in [-0.39, 0.29) is 12.0 Å². The van der Waals surface area contributed by atoms with Gasteiger partial charge in [-0.3, -0.25) is 4.79 Å². The van der Waals surface area contributed by atoms with E-state index in [2.05, 4.69) is 9.88 Å². The largest absolute Gasteiger partial charge is 0.469 e. The molecule has 3 heterocycles. The number of hydrogen-bond donors (Lipinski definition) is 0. The third-order valence-electron chi connectivity index (χ3n) is 5.39. The number of esters is 1. The van der Waals surface area contributed by atoms with Gasteiger partial charge in [-0.15, -0.1) is 0 Å². The Bertz CT molecular complexity index is 594. The Morgan fingerprint density at radius 1 is 1.08 bits per heavy atom. The molecule has 0 atom stereocenters. The molecule has 1 aromatic heterocycles. The van der Waals surface area contributed by atoms with Crippen molar-refractivity contribution in [1.82, 2.24) is 14.8 Å². The van der Waals surface area contributed by atoms with E-state index in [0.29, 0.717) is 12.3 Å². The number of methoxy groups -OCH3 is 1. The van der Waals surface area contributed by atoms with Crippen LogP contribution in [0.5, 0.6) is 0 Å². The van der Waals surface area contributed by atoms with Crippen LogP contribution in [0.2, 0.25) is 0 Å². The van der Waals surface area contributed by atoms with Gasteiger partial charge in [-0.1, -0.05) is 6.07 Å². The number of rotatable bonds is 4. The Morgan fingerprint density at radius 3 is 2.38 bits per heavy atom. The number of urea groups is 1. The molecule has 2 fully saturated rings. The molecule has 0 aromatic carbocycles. The lowest BCUT2D eigenvalue weighted by molar-refractivity contribution is -0.141. The van der Waals surface area contributed by atoms with Crippen LogP contribution in [-0.4, -0.2) is 73.2 Å². The number of aromatic nitrogens is 1. The lowest BCUT2D eigenvalue weighted by Gasteiger charge is -2.40. The molecule has 2 aliphatic rings. The summed E-state index contributed by atoms with van der Waals surface area (Å²) in [4.78, 5) is 34.5. The fourth-order valence-electron chi connectivity index (χ4n) is 3.70. The summed E-state index contributed by atoms with van der Waals surface area (Å²) >= 11 is 0. The van der Waals surface area contributed by atoms with Crippen LogP contribution in [-0.2, 0) is 9.53 Å². The summed E-state index contributed by atoms with van der Waals surface area (Å²) in [5.74, 6) is 1.35. The van der Waals surface area contributed by atoms with Crippen LogP contribution < -0.4 is 4.90 Å². The van der Waals surface area contributed by atoms with E-state index in [9.17, 15) is 9.59 Å². The first-order chi connectivity index (χ1) is 12.7. The fraction of sp³-hybridized carbons (Fsp3) is 0.632. The highest BCUT2D eigenvalue weighted by molar-refractivity contribution is 5.75. The van der Waals surface area contributed by atoms with Gasteiger partial charge in [0.2, 0.25) is 0 Å². The van der Waals surface area contributed by atoms with Gasteiger partial charge < -0.3 is 19.4 Å². The van der Waals surface area contributed by atoms with Gasteiger partial charge in [-0.2, -0.15) is 0 Å². The van der Waals surface area contributed by atoms with Crippen LogP contribution in [0, 0.1) is 5.92 Å². The minimum absolute atomic E-state index is 0.144. The van der Waals surface area contributed by atoms with Crippen molar-refractivity contribution in [2.75, 3.05) is 51.3 Å². The molecule has 0 unspecified atom stereocenters. The third-order valence-corrected chi connectivity index (χ3v) is 5.39. The van der Waals surface area contributed by atoms with Gasteiger partial charge >= 0.3 is 12.0 Å². The average Bonchev–Trinajstić information content (AvgIpc) is 2.72. The molecular weight excluding hydrogens is 332 g/mol. The lowest BCUT2D eigenvalue weighted by Crippen LogP contribution is -2.54. The molecule has 0 bridgehead atoms. The first-order valence-corrected chi connectivity index (χ1v) is 9.44. The molecule has 142 valence electrons. The number of likely N-dealkylation sites (tertiary alicyclic amines) is 1. The number of ether oxygens (including phenoxy) is 1. The van der Waals surface area contributed by atoms with Crippen molar-refractivity contribution >= 4 is 17.8 Å². The number of pyridine rings is 1. The number of piperidine rings is 1. The second kappa shape index (κ2) is 8.87. The summed E-state index contributed by atoms with van der Waals surface area (Å²) in [7, 11) is 1.43. The van der Waals surface area contributed by atoms with Gasteiger partial charge in [0, 0.05) is 51.9 Å². The molecule has 7 heteroatoms. The molecule has 2 aliphatic heterocycles. The number of nitrogens with zero attached hydrogens (tertiary/aromatic N) is 4. The highest BCUT2D eigenvalue weighted by Gasteiger charge is 2.28. The van der Waals surface area contributed by atoms with Crippen molar-refractivity contribution in [3.63, 3.8) is 0 Å². The molecule has 1 aromatic rings. The normalized spacial score (nSPS) is 18.7. The Kier molecular flexibility index (Phi) is 6.30. The Hall–Kier alpha value is -2.31. The number of hydrogen-bond acceptors (Lipinski definition) is 5. The van der Waals surface area contributed by atoms with E-state index in [1.807, 2.05) is 28.0 Å². The summed E-state index contributed by atoms with van der Waals surface area (Å²) in [5.41, 5.74) is 0. The van der Waals surface area contributed by atoms with Crippen LogP contribution in [0.3, 0.4) is 0 Å². The fourth-order valence-corrected chi connectivity index (χ4v) is 3.70. The van der Waals surface area contributed by atoms with Crippen molar-refractivity contribution in [2.45, 2.75) is 25.7 Å². The number of amides is 2. The molecule has 26 heavy (non-hydrogen) atoms. The number of piperazine rings is 1. The van der Waals surface area contributed by atoms with Crippen LogP contribution in [0.1, 0.15) is 25.7 Å². The summed E-state index contributed by atoms with van der Waals surface area (Å²) in [6.07, 6.45) is 5.08. The summed E-state index contributed by atoms with van der Waals surface area (Å²) < 4.78 is 4.70. The summed E-state index contributed by atoms with van der Waals surface area (Å²) in [5, 5.41) is 0. The van der Waals surface area contributed by atoms with E-state index < -0.39 is 0 Å². The maximum Gasteiger partial charge on any atom is 0.320 e. The van der Waals surface area contributed by atoms with Gasteiger partial charge in [0.1, 0.15) is 5.82 Å². The first-order valence-electron chi connectivity index (χ1n) is 9.44. The molecular formula is C19H28N4O3. The topological polar surface area (TPSA) is 66.0 Å². The zero-order chi connectivity index (χ0) is 18.4. The van der Waals surface area contributed by atoms with Crippen LogP contribution in [0.4, 0.5) is 10.6 Å². The summed E-state index contributed by atoms with van der Waals surface area (Å²) in [6.45, 7) is 4.67. The zero-order valence-electron chi connectivity index (χ0n) is 15.5. The van der Waals surface area contributed by atoms with Gasteiger partial charge in [0.05, 0.1) is 7.11 Å². The van der Waals surface area contributed by atoms with E-state index in [1.165, 1.54) is 7.11 Å². The van der Waals surface area contributed by atoms with Crippen LogP contribution in [0.25, 0.3) is 0 Å². The molecule has 2 amide bonds. The zero-order valence-corrected chi connectivity index (χ0v) is 15.5. The molecule has 0 saturated carbocycles. The number of carbonyl (C=O) groups excluding carboxylic acids is 2. The predicted octanol–water partition coefficient (Wildman–Crippen LogP) is 1.99. The summed E-state index contributed by atoms with van der Waals surface area (Å²) in [6, 6.07) is 6.07. The monoisotopic (exact) mass is 360 g/mol. The maximum absolute atomic E-state index is 12.8. The van der Waals surface area contributed by atoms with Crippen LogP contribution >= 0.6 is 0 Å². The SMILES string of the molecule is COC(=O)CCC1CCN(C(=O)N2CCN(c3ccccn3)CC2)CC1. The van der Waals surface area contributed by atoms with Crippen molar-refractivity contribution in [1.29, 1.82) is 0 Å². The Balaban J connectivity index is 1.41. The van der Waals surface area contributed by atoms with Gasteiger partial charge in [0.15, 0.2) is 0 Å². The minimum atomic E-state index is -0.144. The number of carbonyl (C=O) groups is 2. The van der Waals surface area contributed by atoms with E-state index in [0.717, 1.165) is 64.3 Å². The highest BCUT2D eigenvalue weighted by Crippen LogP contribution is 2.23. The van der Waals surface area contributed by atoms with Crippen LogP contribution in [0.15, 0.2) is 24.4 Å². The van der Waals surface area contributed by atoms with E-state index >= 15 is 0 Å². The lowest BCUT2D eigenvalue weighted by atomic mass is 9.92. The van der Waals surface area contributed by atoms with Gasteiger partial charge in [0.25, 0.3) is 0 Å². The Morgan fingerprint density at radius 2 is 1.77 bits per heavy atom. The van der Waals surface area contributed by atoms with Crippen molar-refractivity contribution in [2.24, 2.45) is 5.92 Å². The minimum Gasteiger partial charge on any atom is -0.469 e. The molecule has 0 spiro atoms. The first kappa shape index (κ1) is 18.5. The van der Waals surface area contributed by atoms with Crippen molar-refractivity contribution < 1.29 is 14.3 Å². The van der Waals surface area contributed by atoms with E-state index in [1.54, 1.807) is 6.20 Å². The quantitative estimate of drug-likeness (QED) is 0.768. The van der Waals surface area contributed by atoms with Crippen molar-refractivity contribution in [3.8, 4) is 0 Å². The average molecular weight is 360 g/mol. The molecule has 2 saturated heterocycles. The Labute approximate surface area is 154 Å². The highest BCUT2D eigenvalue weighted by atomic mass is 16.5. The molecule has 3 rings (SSSR count). The standard InChI is InChI=1S/C19H28N4O3/c1-26-18(24)6-5-16-7-10-22(11-8-16)19(25)23-14-12-21(13-15-23)17-4-2-3-9-20-17/h2-4,9,16H,5-8,10-15H2,1H3. The maximum atomic E-state index is 12.8. The molecule has 0 radical (unpaired) electrons. The predicted molar refractivity (Wildman–Crippen MR) is 99.0 cm³/mol. The second-order valence-corrected chi connectivity index (χ2v) is 6.99. The van der Waals surface area contributed by atoms with Gasteiger partial charge in [-0.05, 0) is 37.3 Å². The number of anilines is 1. The smallest absolute Gasteiger partial charge is 0.320 e. The van der Waals surface area contributed by atoms with E-state index in [4.69, 9.17) is 4.74 Å². The van der Waals surface area contributed by atoms with Crippen molar-refractivity contribution in [3.05, 3.63) is 24.4 Å². The van der Waals surface area contributed by atoms with Gasteiger partial charge in [-0.25, -0.2) is 9.78 Å². The molecule has 0 aliphatic carbocycles.